The van der Waals surface area contributed by atoms with Crippen LogP contribution in [0.15, 0.2) is 21.8 Å². The number of hydrogen-bond donors (Lipinski definition) is 2. The summed E-state index contributed by atoms with van der Waals surface area (Å²) in [5.41, 5.74) is 0.772. The number of nitrogens with zero attached hydrogens (tertiary/aromatic N) is 4. The van der Waals surface area contributed by atoms with Crippen LogP contribution in [0.4, 0.5) is 0 Å². The van der Waals surface area contributed by atoms with E-state index in [9.17, 15) is 5.11 Å². The summed E-state index contributed by atoms with van der Waals surface area (Å²) in [6, 6.07) is 0. The zero-order chi connectivity index (χ0) is 11.8. The van der Waals surface area contributed by atoms with Gasteiger partial charge in [-0.2, -0.15) is 0 Å². The molecule has 3 rings (SSSR count). The average molecular weight is 267 g/mol. The Morgan fingerprint density at radius 2 is 2.41 bits per heavy atom. The molecule has 17 heavy (non-hydrogen) atoms. The maximum absolute atomic E-state index is 9.39. The molecular weight excluding hydrogens is 258 g/mol. The lowest BCUT2D eigenvalue weighted by Crippen LogP contribution is -1.91. The van der Waals surface area contributed by atoms with Crippen molar-refractivity contribution in [2.45, 2.75) is 23.7 Å². The molecule has 0 aliphatic heterocycles. The highest BCUT2D eigenvalue weighted by Gasteiger charge is 2.15. The molecular formula is C9H9N5OS2. The van der Waals surface area contributed by atoms with Crippen LogP contribution in [-0.4, -0.2) is 29.7 Å². The third-order valence-electron chi connectivity index (χ3n) is 2.24. The van der Waals surface area contributed by atoms with Gasteiger partial charge in [0.15, 0.2) is 4.96 Å². The zero-order valence-corrected chi connectivity index (χ0v) is 10.5. The first-order valence-electron chi connectivity index (χ1n) is 4.90. The van der Waals surface area contributed by atoms with Gasteiger partial charge in [0.05, 0.1) is 12.3 Å². The highest BCUT2D eigenvalue weighted by atomic mass is 32.2. The van der Waals surface area contributed by atoms with Crippen LogP contribution >= 0.6 is 23.1 Å². The van der Waals surface area contributed by atoms with Crippen molar-refractivity contribution < 1.29 is 5.11 Å². The SMILES string of the molecule is Cc1nc(Sc2nc3sccn3c2CO)n[nH]1. The van der Waals surface area contributed by atoms with E-state index in [1.54, 1.807) is 0 Å². The van der Waals surface area contributed by atoms with E-state index < -0.39 is 0 Å². The number of fused-ring (bicyclic) bond motifs is 1. The van der Waals surface area contributed by atoms with Crippen molar-refractivity contribution in [1.82, 2.24) is 24.6 Å². The molecule has 88 valence electrons. The molecule has 2 N–H and O–H groups in total. The van der Waals surface area contributed by atoms with Crippen LogP contribution in [0.5, 0.6) is 0 Å². The molecule has 8 heteroatoms. The van der Waals surface area contributed by atoms with Gasteiger partial charge in [-0.3, -0.25) is 9.50 Å². The smallest absolute Gasteiger partial charge is 0.214 e. The van der Waals surface area contributed by atoms with E-state index in [-0.39, 0.29) is 6.61 Å². The number of rotatable bonds is 3. The van der Waals surface area contributed by atoms with E-state index in [0.29, 0.717) is 5.16 Å². The van der Waals surface area contributed by atoms with Gasteiger partial charge in [0, 0.05) is 11.6 Å². The van der Waals surface area contributed by atoms with Crippen LogP contribution in [0.3, 0.4) is 0 Å². The summed E-state index contributed by atoms with van der Waals surface area (Å²) in [6.45, 7) is 1.79. The van der Waals surface area contributed by atoms with Crippen LogP contribution in [0.25, 0.3) is 4.96 Å². The van der Waals surface area contributed by atoms with Crippen LogP contribution in [0, 0.1) is 6.92 Å². The monoisotopic (exact) mass is 267 g/mol. The maximum Gasteiger partial charge on any atom is 0.214 e. The van der Waals surface area contributed by atoms with E-state index >= 15 is 0 Å². The van der Waals surface area contributed by atoms with Crippen LogP contribution < -0.4 is 0 Å². The van der Waals surface area contributed by atoms with Gasteiger partial charge in [-0.1, -0.05) is 0 Å². The van der Waals surface area contributed by atoms with Gasteiger partial charge >= 0.3 is 0 Å². The zero-order valence-electron chi connectivity index (χ0n) is 8.91. The van der Waals surface area contributed by atoms with Crippen molar-refractivity contribution in [1.29, 1.82) is 0 Å². The fraction of sp³-hybridized carbons (Fsp3) is 0.222. The molecule has 0 atom stereocenters. The van der Waals surface area contributed by atoms with Gasteiger partial charge in [-0.05, 0) is 18.7 Å². The molecule has 0 fully saturated rings. The lowest BCUT2D eigenvalue weighted by Gasteiger charge is -1.96. The molecule has 0 aliphatic rings. The molecule has 0 radical (unpaired) electrons. The summed E-state index contributed by atoms with van der Waals surface area (Å²) in [6.07, 6.45) is 1.89. The summed E-state index contributed by atoms with van der Waals surface area (Å²) >= 11 is 2.88. The van der Waals surface area contributed by atoms with E-state index in [0.717, 1.165) is 21.5 Å². The number of aliphatic hydroxyl groups excluding tert-OH is 1. The first kappa shape index (κ1) is 10.8. The second-order valence-corrected chi connectivity index (χ2v) is 5.21. The number of aromatic nitrogens is 5. The molecule has 0 saturated carbocycles. The Balaban J connectivity index is 2.01. The van der Waals surface area contributed by atoms with Gasteiger partial charge in [-0.15, -0.1) is 16.4 Å². The van der Waals surface area contributed by atoms with E-state index in [1.807, 2.05) is 22.9 Å². The molecule has 0 spiro atoms. The van der Waals surface area contributed by atoms with E-state index in [4.69, 9.17) is 0 Å². The fourth-order valence-electron chi connectivity index (χ4n) is 1.49. The van der Waals surface area contributed by atoms with Gasteiger partial charge in [-0.25, -0.2) is 9.97 Å². The lowest BCUT2D eigenvalue weighted by molar-refractivity contribution is 0.272. The van der Waals surface area contributed by atoms with Crippen molar-refractivity contribution >= 4 is 28.1 Å². The molecule has 0 aliphatic carbocycles. The average Bonchev–Trinajstić information content (AvgIpc) is 2.95. The predicted molar refractivity (Wildman–Crippen MR) is 64.2 cm³/mol. The number of hydrogen-bond acceptors (Lipinski definition) is 6. The normalized spacial score (nSPS) is 11.4. The molecule has 0 aromatic carbocycles. The summed E-state index contributed by atoms with van der Waals surface area (Å²) in [4.78, 5) is 9.51. The second-order valence-electron chi connectivity index (χ2n) is 3.38. The minimum Gasteiger partial charge on any atom is -0.390 e. The second kappa shape index (κ2) is 4.13. The standard InChI is InChI=1S/C9H9N5OS2/c1-5-10-8(13-12-5)17-7-6(4-15)14-2-3-16-9(14)11-7/h2-3,15H,4H2,1H3,(H,10,12,13). The first-order chi connectivity index (χ1) is 8.28. The minimum atomic E-state index is -0.0519. The Morgan fingerprint density at radius 1 is 1.53 bits per heavy atom. The number of aryl methyl sites for hydroxylation is 1. The largest absolute Gasteiger partial charge is 0.390 e. The number of aromatic amines is 1. The number of thiazole rings is 1. The van der Waals surface area contributed by atoms with Crippen molar-refractivity contribution in [3.8, 4) is 0 Å². The Morgan fingerprint density at radius 3 is 3.12 bits per heavy atom. The third-order valence-corrected chi connectivity index (χ3v) is 3.88. The highest BCUT2D eigenvalue weighted by Crippen LogP contribution is 2.29. The third kappa shape index (κ3) is 1.84. The molecule has 0 amide bonds. The van der Waals surface area contributed by atoms with Crippen molar-refractivity contribution in [2.24, 2.45) is 0 Å². The topological polar surface area (TPSA) is 79.1 Å². The fourth-order valence-corrected chi connectivity index (χ4v) is 3.14. The van der Waals surface area contributed by atoms with E-state index in [2.05, 4.69) is 20.2 Å². The number of H-pyrrole nitrogens is 1. The molecule has 3 aromatic rings. The quantitative estimate of drug-likeness (QED) is 0.751. The van der Waals surface area contributed by atoms with Gasteiger partial charge in [0.25, 0.3) is 0 Å². The van der Waals surface area contributed by atoms with Crippen molar-refractivity contribution in [2.75, 3.05) is 0 Å². The molecule has 0 bridgehead atoms. The first-order valence-corrected chi connectivity index (χ1v) is 6.59. The number of nitrogens with one attached hydrogen (secondary N) is 1. The van der Waals surface area contributed by atoms with Crippen molar-refractivity contribution in [3.05, 3.63) is 23.1 Å². The summed E-state index contributed by atoms with van der Waals surface area (Å²) in [7, 11) is 0. The molecule has 3 heterocycles. The number of aliphatic hydroxyl groups is 1. The molecule has 6 nitrogen and oxygen atoms in total. The molecule has 0 saturated heterocycles. The van der Waals surface area contributed by atoms with Crippen molar-refractivity contribution in [3.63, 3.8) is 0 Å². The van der Waals surface area contributed by atoms with E-state index in [1.165, 1.54) is 23.1 Å². The Hall–Kier alpha value is -1.38. The van der Waals surface area contributed by atoms with Crippen LogP contribution in [-0.2, 0) is 6.61 Å². The van der Waals surface area contributed by atoms with Gasteiger partial charge in [0.1, 0.15) is 10.9 Å². The molecule has 0 unspecified atom stereocenters. The minimum absolute atomic E-state index is 0.0519. The van der Waals surface area contributed by atoms with Gasteiger partial charge < -0.3 is 5.11 Å². The maximum atomic E-state index is 9.39. The Bertz CT molecular complexity index is 655. The summed E-state index contributed by atoms with van der Waals surface area (Å²) in [5, 5.41) is 19.5. The summed E-state index contributed by atoms with van der Waals surface area (Å²) < 4.78 is 1.88. The predicted octanol–water partition coefficient (Wildman–Crippen LogP) is 1.47. The van der Waals surface area contributed by atoms with Crippen LogP contribution in [0.2, 0.25) is 0 Å². The highest BCUT2D eigenvalue weighted by molar-refractivity contribution is 7.99. The van der Waals surface area contributed by atoms with Gasteiger partial charge in [0.2, 0.25) is 5.16 Å². The van der Waals surface area contributed by atoms with Crippen LogP contribution in [0.1, 0.15) is 11.5 Å². The summed E-state index contributed by atoms with van der Waals surface area (Å²) in [5.74, 6) is 0.763. The number of imidazole rings is 1. The Kier molecular flexibility index (Phi) is 2.61. The molecule has 3 aromatic heterocycles. The Labute approximate surface area is 105 Å². The lowest BCUT2D eigenvalue weighted by atomic mass is 10.5.